The van der Waals surface area contributed by atoms with Crippen LogP contribution in [0.3, 0.4) is 0 Å². The summed E-state index contributed by atoms with van der Waals surface area (Å²) < 4.78 is 5.00. The molecule has 17 heavy (non-hydrogen) atoms. The highest BCUT2D eigenvalue weighted by molar-refractivity contribution is 5.47. The maximum atomic E-state index is 5.00. The fourth-order valence-electron chi connectivity index (χ4n) is 1.46. The van der Waals surface area contributed by atoms with E-state index in [1.165, 1.54) is 0 Å². The van der Waals surface area contributed by atoms with Gasteiger partial charge in [0.05, 0.1) is 0 Å². The lowest BCUT2D eigenvalue weighted by molar-refractivity contribution is 0.194. The van der Waals surface area contributed by atoms with Crippen molar-refractivity contribution >= 4 is 11.6 Å². The Morgan fingerprint density at radius 3 is 2.65 bits per heavy atom. The van der Waals surface area contributed by atoms with Crippen LogP contribution in [0.1, 0.15) is 25.6 Å². The van der Waals surface area contributed by atoms with Gasteiger partial charge in [-0.3, -0.25) is 0 Å². The van der Waals surface area contributed by atoms with E-state index in [4.69, 9.17) is 4.74 Å². The summed E-state index contributed by atoms with van der Waals surface area (Å²) in [5.74, 6) is 2.60. The highest BCUT2D eigenvalue weighted by Gasteiger charge is 2.01. The maximum absolute atomic E-state index is 5.00. The van der Waals surface area contributed by atoms with E-state index in [0.29, 0.717) is 0 Å². The van der Waals surface area contributed by atoms with Gasteiger partial charge >= 0.3 is 0 Å². The third-order valence-corrected chi connectivity index (χ3v) is 2.43. The lowest BCUT2D eigenvalue weighted by atomic mass is 10.3. The van der Waals surface area contributed by atoms with Crippen molar-refractivity contribution in [1.82, 2.24) is 9.97 Å². The van der Waals surface area contributed by atoms with E-state index < -0.39 is 0 Å². The first kappa shape index (κ1) is 13.7. The molecule has 5 nitrogen and oxygen atoms in total. The molecule has 0 aliphatic heterocycles. The number of aromatic nitrogens is 2. The first-order valence-corrected chi connectivity index (χ1v) is 6.08. The minimum absolute atomic E-state index is 0.813. The summed E-state index contributed by atoms with van der Waals surface area (Å²) in [6.07, 6.45) is 2.98. The zero-order valence-corrected chi connectivity index (χ0v) is 10.9. The number of rotatable bonds is 8. The molecule has 96 valence electrons. The van der Waals surface area contributed by atoms with E-state index in [-0.39, 0.29) is 0 Å². The van der Waals surface area contributed by atoms with E-state index in [1.54, 1.807) is 7.11 Å². The second-order valence-corrected chi connectivity index (χ2v) is 3.78. The van der Waals surface area contributed by atoms with Crippen LogP contribution >= 0.6 is 0 Å². The molecule has 0 unspecified atom stereocenters. The molecule has 0 aromatic carbocycles. The molecule has 0 aliphatic rings. The Bertz CT molecular complexity index is 308. The van der Waals surface area contributed by atoms with Gasteiger partial charge in [-0.05, 0) is 12.8 Å². The highest BCUT2D eigenvalue weighted by atomic mass is 16.5. The van der Waals surface area contributed by atoms with Crippen molar-refractivity contribution in [3.8, 4) is 0 Å². The van der Waals surface area contributed by atoms with E-state index in [1.807, 2.05) is 13.1 Å². The molecule has 1 aromatic heterocycles. The van der Waals surface area contributed by atoms with Crippen LogP contribution in [0.25, 0.3) is 0 Å². The third kappa shape index (κ3) is 4.99. The number of ether oxygens (including phenoxy) is 1. The number of anilines is 2. The summed E-state index contributed by atoms with van der Waals surface area (Å²) >= 11 is 0. The summed E-state index contributed by atoms with van der Waals surface area (Å²) in [7, 11) is 3.59. The predicted molar refractivity (Wildman–Crippen MR) is 70.6 cm³/mol. The number of unbranched alkanes of at least 4 members (excludes halogenated alkanes) is 1. The molecular weight excluding hydrogens is 216 g/mol. The number of nitrogens with zero attached hydrogens (tertiary/aromatic N) is 2. The van der Waals surface area contributed by atoms with Gasteiger partial charge in [0.1, 0.15) is 17.5 Å². The molecule has 1 heterocycles. The molecular formula is C12H22N4O. The van der Waals surface area contributed by atoms with Crippen LogP contribution in [0.2, 0.25) is 0 Å². The molecule has 2 N–H and O–H groups in total. The van der Waals surface area contributed by atoms with E-state index in [0.717, 1.165) is 49.9 Å². The van der Waals surface area contributed by atoms with Crippen LogP contribution in [0.5, 0.6) is 0 Å². The Labute approximate surface area is 103 Å². The van der Waals surface area contributed by atoms with Crippen molar-refractivity contribution in [2.24, 2.45) is 0 Å². The lowest BCUT2D eigenvalue weighted by Crippen LogP contribution is -2.08. The standard InChI is InChI=1S/C12H22N4O/c1-4-10-15-11(13-2)9-12(16-10)14-7-5-6-8-17-3/h9H,4-8H2,1-3H3,(H2,13,14,15,16). The van der Waals surface area contributed by atoms with E-state index in [9.17, 15) is 0 Å². The van der Waals surface area contributed by atoms with Gasteiger partial charge in [-0.25, -0.2) is 9.97 Å². The highest BCUT2D eigenvalue weighted by Crippen LogP contribution is 2.11. The lowest BCUT2D eigenvalue weighted by Gasteiger charge is -2.08. The molecule has 5 heteroatoms. The molecule has 0 radical (unpaired) electrons. The van der Waals surface area contributed by atoms with Crippen molar-refractivity contribution in [3.63, 3.8) is 0 Å². The number of methoxy groups -OCH3 is 1. The van der Waals surface area contributed by atoms with Crippen LogP contribution in [-0.4, -0.2) is 37.3 Å². The van der Waals surface area contributed by atoms with Gasteiger partial charge in [0, 0.05) is 39.8 Å². The second-order valence-electron chi connectivity index (χ2n) is 3.78. The summed E-state index contributed by atoms with van der Waals surface area (Å²) in [5.41, 5.74) is 0. The Hall–Kier alpha value is -1.36. The zero-order chi connectivity index (χ0) is 12.5. The molecule has 0 saturated carbocycles. The number of hydrogen-bond donors (Lipinski definition) is 2. The second kappa shape index (κ2) is 7.84. The fourth-order valence-corrected chi connectivity index (χ4v) is 1.46. The van der Waals surface area contributed by atoms with Crippen molar-refractivity contribution in [2.75, 3.05) is 37.9 Å². The summed E-state index contributed by atoms with van der Waals surface area (Å²) in [5, 5.41) is 6.35. The molecule has 0 bridgehead atoms. The third-order valence-electron chi connectivity index (χ3n) is 2.43. The average Bonchev–Trinajstić information content (AvgIpc) is 2.38. The van der Waals surface area contributed by atoms with E-state index in [2.05, 4.69) is 27.5 Å². The van der Waals surface area contributed by atoms with Gasteiger partial charge in [0.25, 0.3) is 0 Å². The summed E-state index contributed by atoms with van der Waals surface area (Å²) in [6, 6.07) is 1.93. The molecule has 0 amide bonds. The SMILES string of the molecule is CCc1nc(NC)cc(NCCCCOC)n1. The minimum Gasteiger partial charge on any atom is -0.385 e. The van der Waals surface area contributed by atoms with Crippen LogP contribution in [-0.2, 0) is 11.2 Å². The molecule has 0 saturated heterocycles. The van der Waals surface area contributed by atoms with Gasteiger partial charge < -0.3 is 15.4 Å². The number of hydrogen-bond acceptors (Lipinski definition) is 5. The predicted octanol–water partition coefficient (Wildman–Crippen LogP) is 1.92. The number of nitrogens with one attached hydrogen (secondary N) is 2. The Kier molecular flexibility index (Phi) is 6.32. The average molecular weight is 238 g/mol. The minimum atomic E-state index is 0.813. The topological polar surface area (TPSA) is 59.1 Å². The summed E-state index contributed by atoms with van der Waals surface area (Å²) in [6.45, 7) is 3.78. The monoisotopic (exact) mass is 238 g/mol. The quantitative estimate of drug-likeness (QED) is 0.678. The van der Waals surface area contributed by atoms with Gasteiger partial charge in [0.15, 0.2) is 0 Å². The van der Waals surface area contributed by atoms with Crippen molar-refractivity contribution in [2.45, 2.75) is 26.2 Å². The van der Waals surface area contributed by atoms with Crippen molar-refractivity contribution < 1.29 is 4.74 Å². The van der Waals surface area contributed by atoms with Crippen LogP contribution in [0.4, 0.5) is 11.6 Å². The normalized spacial score (nSPS) is 10.3. The van der Waals surface area contributed by atoms with Gasteiger partial charge in [-0.15, -0.1) is 0 Å². The fraction of sp³-hybridized carbons (Fsp3) is 0.667. The van der Waals surface area contributed by atoms with Crippen LogP contribution < -0.4 is 10.6 Å². The Morgan fingerprint density at radius 2 is 2.00 bits per heavy atom. The maximum Gasteiger partial charge on any atom is 0.132 e. The molecule has 0 atom stereocenters. The number of aryl methyl sites for hydroxylation is 1. The Balaban J connectivity index is 2.46. The molecule has 0 spiro atoms. The smallest absolute Gasteiger partial charge is 0.132 e. The van der Waals surface area contributed by atoms with Crippen molar-refractivity contribution in [3.05, 3.63) is 11.9 Å². The molecule has 1 aromatic rings. The van der Waals surface area contributed by atoms with Gasteiger partial charge in [-0.1, -0.05) is 6.92 Å². The largest absolute Gasteiger partial charge is 0.385 e. The van der Waals surface area contributed by atoms with E-state index >= 15 is 0 Å². The molecule has 0 aliphatic carbocycles. The zero-order valence-electron chi connectivity index (χ0n) is 10.9. The van der Waals surface area contributed by atoms with Crippen LogP contribution in [0.15, 0.2) is 6.07 Å². The van der Waals surface area contributed by atoms with Gasteiger partial charge in [0.2, 0.25) is 0 Å². The van der Waals surface area contributed by atoms with Crippen LogP contribution in [0, 0.1) is 0 Å². The Morgan fingerprint density at radius 1 is 1.24 bits per heavy atom. The first-order valence-electron chi connectivity index (χ1n) is 6.08. The first-order chi connectivity index (χ1) is 8.30. The molecule has 1 rings (SSSR count). The summed E-state index contributed by atoms with van der Waals surface area (Å²) in [4.78, 5) is 8.77. The molecule has 0 fully saturated rings. The van der Waals surface area contributed by atoms with Gasteiger partial charge in [-0.2, -0.15) is 0 Å². The van der Waals surface area contributed by atoms with Crippen molar-refractivity contribution in [1.29, 1.82) is 0 Å².